The van der Waals surface area contributed by atoms with Crippen LogP contribution in [0.15, 0.2) is 59.8 Å². The Hall–Kier alpha value is -2.71. The van der Waals surface area contributed by atoms with Gasteiger partial charge in [0.1, 0.15) is 5.65 Å². The molecular weight excluding hydrogens is 376 g/mol. The van der Waals surface area contributed by atoms with Gasteiger partial charge in [-0.3, -0.25) is 4.79 Å². The number of pyridine rings is 1. The Morgan fingerprint density at radius 3 is 2.54 bits per heavy atom. The Morgan fingerprint density at radius 1 is 1.18 bits per heavy atom. The van der Waals surface area contributed by atoms with Gasteiger partial charge in [0.05, 0.1) is 10.6 Å². The van der Waals surface area contributed by atoms with Gasteiger partial charge in [0.15, 0.2) is 0 Å². The number of fused-ring (bicyclic) bond motifs is 1. The lowest BCUT2D eigenvalue weighted by Crippen LogP contribution is -2.33. The van der Waals surface area contributed by atoms with Crippen LogP contribution in [0, 0.1) is 0 Å². The summed E-state index contributed by atoms with van der Waals surface area (Å²) in [7, 11) is -2.01. The SMILES string of the molecule is CC(C)N(C)S(=O)(=O)c1ccc(C(=O)NCCc2cn3ccccc3n2)cc1. The molecule has 0 bridgehead atoms. The lowest BCUT2D eigenvalue weighted by Gasteiger charge is -2.21. The molecule has 0 aliphatic rings. The Morgan fingerprint density at radius 2 is 1.89 bits per heavy atom. The number of aromatic nitrogens is 2. The van der Waals surface area contributed by atoms with Gasteiger partial charge in [-0.1, -0.05) is 6.07 Å². The summed E-state index contributed by atoms with van der Waals surface area (Å²) in [6.45, 7) is 4.06. The molecule has 1 amide bonds. The molecule has 7 nitrogen and oxygen atoms in total. The van der Waals surface area contributed by atoms with Crippen molar-refractivity contribution in [2.75, 3.05) is 13.6 Å². The maximum Gasteiger partial charge on any atom is 0.251 e. The molecule has 0 spiro atoms. The van der Waals surface area contributed by atoms with E-state index < -0.39 is 10.0 Å². The van der Waals surface area contributed by atoms with Crippen molar-refractivity contribution in [1.29, 1.82) is 0 Å². The average Bonchev–Trinajstić information content (AvgIpc) is 3.10. The number of imidazole rings is 1. The second-order valence-electron chi connectivity index (χ2n) is 6.84. The second kappa shape index (κ2) is 8.12. The minimum atomic E-state index is -3.56. The first-order valence-corrected chi connectivity index (χ1v) is 10.5. The van der Waals surface area contributed by atoms with E-state index >= 15 is 0 Å². The number of hydrogen-bond donors (Lipinski definition) is 1. The molecule has 3 rings (SSSR count). The highest BCUT2D eigenvalue weighted by Gasteiger charge is 2.23. The summed E-state index contributed by atoms with van der Waals surface area (Å²) in [6.07, 6.45) is 4.47. The molecule has 2 heterocycles. The summed E-state index contributed by atoms with van der Waals surface area (Å²) in [6, 6.07) is 11.6. The number of carbonyl (C=O) groups excluding carboxylic acids is 1. The first-order valence-electron chi connectivity index (χ1n) is 9.08. The fraction of sp³-hybridized carbons (Fsp3) is 0.300. The summed E-state index contributed by atoms with van der Waals surface area (Å²) < 4.78 is 28.2. The van der Waals surface area contributed by atoms with E-state index in [-0.39, 0.29) is 16.8 Å². The summed E-state index contributed by atoms with van der Waals surface area (Å²) >= 11 is 0. The smallest absolute Gasteiger partial charge is 0.251 e. The average molecular weight is 401 g/mol. The third kappa shape index (κ3) is 4.23. The van der Waals surface area contributed by atoms with Crippen molar-refractivity contribution in [3.8, 4) is 0 Å². The zero-order valence-corrected chi connectivity index (χ0v) is 17.0. The molecule has 1 N–H and O–H groups in total. The van der Waals surface area contributed by atoms with Gasteiger partial charge in [0, 0.05) is 44.0 Å². The molecule has 0 radical (unpaired) electrons. The highest BCUT2D eigenvalue weighted by Crippen LogP contribution is 2.17. The second-order valence-corrected chi connectivity index (χ2v) is 8.84. The highest BCUT2D eigenvalue weighted by atomic mass is 32.2. The molecule has 2 aromatic heterocycles. The molecule has 148 valence electrons. The van der Waals surface area contributed by atoms with Crippen molar-refractivity contribution in [3.05, 3.63) is 66.1 Å². The van der Waals surface area contributed by atoms with Gasteiger partial charge in [0.25, 0.3) is 5.91 Å². The number of nitrogens with one attached hydrogen (secondary N) is 1. The lowest BCUT2D eigenvalue weighted by molar-refractivity contribution is 0.0954. The summed E-state index contributed by atoms with van der Waals surface area (Å²) in [5.74, 6) is -0.245. The molecule has 0 aliphatic carbocycles. The lowest BCUT2D eigenvalue weighted by atomic mass is 10.2. The molecule has 28 heavy (non-hydrogen) atoms. The van der Waals surface area contributed by atoms with Crippen molar-refractivity contribution in [2.24, 2.45) is 0 Å². The fourth-order valence-corrected chi connectivity index (χ4v) is 4.10. The van der Waals surface area contributed by atoms with Gasteiger partial charge in [0.2, 0.25) is 10.0 Å². The van der Waals surface area contributed by atoms with Crippen LogP contribution in [0.2, 0.25) is 0 Å². The van der Waals surface area contributed by atoms with Crippen LogP contribution >= 0.6 is 0 Å². The molecule has 0 aliphatic heterocycles. The van der Waals surface area contributed by atoms with Crippen molar-refractivity contribution in [3.63, 3.8) is 0 Å². The van der Waals surface area contributed by atoms with Gasteiger partial charge in [-0.25, -0.2) is 13.4 Å². The van der Waals surface area contributed by atoms with E-state index in [1.54, 1.807) is 7.05 Å². The number of hydrogen-bond acceptors (Lipinski definition) is 4. The monoisotopic (exact) mass is 400 g/mol. The molecular formula is C20H24N4O3S. The summed E-state index contributed by atoms with van der Waals surface area (Å²) in [5.41, 5.74) is 2.18. The molecule has 3 aromatic rings. The summed E-state index contributed by atoms with van der Waals surface area (Å²) in [5, 5.41) is 2.84. The largest absolute Gasteiger partial charge is 0.352 e. The highest BCUT2D eigenvalue weighted by molar-refractivity contribution is 7.89. The predicted octanol–water partition coefficient (Wildman–Crippen LogP) is 2.34. The minimum absolute atomic E-state index is 0.146. The van der Waals surface area contributed by atoms with Gasteiger partial charge >= 0.3 is 0 Å². The van der Waals surface area contributed by atoms with E-state index in [4.69, 9.17) is 0 Å². The van der Waals surface area contributed by atoms with E-state index in [0.717, 1.165) is 11.3 Å². The molecule has 0 saturated carbocycles. The fourth-order valence-electron chi connectivity index (χ4n) is 2.74. The Labute approximate surface area is 165 Å². The number of rotatable bonds is 7. The normalized spacial score (nSPS) is 12.0. The Balaban J connectivity index is 1.60. The van der Waals surface area contributed by atoms with Crippen LogP contribution in [0.3, 0.4) is 0 Å². The number of benzene rings is 1. The van der Waals surface area contributed by atoms with E-state index in [2.05, 4.69) is 10.3 Å². The minimum Gasteiger partial charge on any atom is -0.352 e. The van der Waals surface area contributed by atoms with Crippen LogP contribution in [0.25, 0.3) is 5.65 Å². The van der Waals surface area contributed by atoms with Crippen LogP contribution in [-0.4, -0.2) is 47.6 Å². The van der Waals surface area contributed by atoms with Crippen LogP contribution in [-0.2, 0) is 16.4 Å². The first-order chi connectivity index (χ1) is 13.3. The van der Waals surface area contributed by atoms with E-state index in [1.807, 2.05) is 48.8 Å². The number of sulfonamides is 1. The van der Waals surface area contributed by atoms with Crippen molar-refractivity contribution < 1.29 is 13.2 Å². The Bertz CT molecular complexity index is 1040. The first kappa shape index (κ1) is 20.0. The van der Waals surface area contributed by atoms with Crippen LogP contribution in [0.4, 0.5) is 0 Å². The van der Waals surface area contributed by atoms with Gasteiger partial charge in [-0.05, 0) is 50.2 Å². The molecule has 0 unspecified atom stereocenters. The number of amides is 1. The van der Waals surface area contributed by atoms with Crippen molar-refractivity contribution in [2.45, 2.75) is 31.2 Å². The van der Waals surface area contributed by atoms with E-state index in [1.165, 1.54) is 28.6 Å². The maximum atomic E-state index is 12.5. The van der Waals surface area contributed by atoms with Gasteiger partial charge in [-0.15, -0.1) is 0 Å². The third-order valence-corrected chi connectivity index (χ3v) is 6.65. The van der Waals surface area contributed by atoms with Crippen LogP contribution < -0.4 is 5.32 Å². The Kier molecular flexibility index (Phi) is 5.81. The predicted molar refractivity (Wildman–Crippen MR) is 108 cm³/mol. The van der Waals surface area contributed by atoms with E-state index in [9.17, 15) is 13.2 Å². The quantitative estimate of drug-likeness (QED) is 0.660. The zero-order valence-electron chi connectivity index (χ0n) is 16.2. The van der Waals surface area contributed by atoms with Crippen molar-refractivity contribution >= 4 is 21.6 Å². The number of nitrogens with zero attached hydrogens (tertiary/aromatic N) is 3. The molecule has 0 atom stereocenters. The zero-order chi connectivity index (χ0) is 20.3. The molecule has 1 aromatic carbocycles. The molecule has 0 saturated heterocycles. The number of carbonyl (C=O) groups is 1. The van der Waals surface area contributed by atoms with Crippen LogP contribution in [0.1, 0.15) is 29.9 Å². The van der Waals surface area contributed by atoms with Gasteiger partial charge < -0.3 is 9.72 Å². The van der Waals surface area contributed by atoms with E-state index in [0.29, 0.717) is 18.5 Å². The van der Waals surface area contributed by atoms with Gasteiger partial charge in [-0.2, -0.15) is 4.31 Å². The molecule has 0 fully saturated rings. The summed E-state index contributed by atoms with van der Waals surface area (Å²) in [4.78, 5) is 17.0. The third-order valence-electron chi connectivity index (χ3n) is 4.60. The molecule has 8 heteroatoms. The maximum absolute atomic E-state index is 12.5. The van der Waals surface area contributed by atoms with Crippen molar-refractivity contribution in [1.82, 2.24) is 19.0 Å². The topological polar surface area (TPSA) is 83.8 Å². The standard InChI is InChI=1S/C20H24N4O3S/c1-15(2)23(3)28(26,27)18-9-7-16(8-10-18)20(25)21-12-11-17-14-24-13-5-4-6-19(24)22-17/h4-10,13-15H,11-12H2,1-3H3,(H,21,25). The van der Waals surface area contributed by atoms with Crippen LogP contribution in [0.5, 0.6) is 0 Å².